The highest BCUT2D eigenvalue weighted by Crippen LogP contribution is 2.35. The molecule has 1 fully saturated rings. The van der Waals surface area contributed by atoms with Gasteiger partial charge < -0.3 is 18.9 Å². The van der Waals surface area contributed by atoms with Crippen molar-refractivity contribution in [2.75, 3.05) is 6.61 Å². The van der Waals surface area contributed by atoms with Crippen LogP contribution in [-0.4, -0.2) is 57.6 Å². The number of H-pyrrole nitrogens is 1. The smallest absolute Gasteiger partial charge is 0.345 e. The molecule has 13 heteroatoms. The summed E-state index contributed by atoms with van der Waals surface area (Å²) in [5.41, 5.74) is 0.963. The van der Waals surface area contributed by atoms with Crippen molar-refractivity contribution in [1.29, 1.82) is 0 Å². The fourth-order valence-corrected chi connectivity index (χ4v) is 6.17. The minimum absolute atomic E-state index is 0.110. The molecule has 1 N–H and O–H groups in total. The number of nitrogens with zero attached hydrogens (tertiary/aromatic N) is 2. The predicted octanol–water partition coefficient (Wildman–Crippen LogP) is 5.80. The zero-order valence-electron chi connectivity index (χ0n) is 25.7. The second-order valence-corrected chi connectivity index (χ2v) is 12.2. The van der Waals surface area contributed by atoms with Gasteiger partial charge in [-0.1, -0.05) is 109 Å². The van der Waals surface area contributed by atoms with E-state index in [1.807, 2.05) is 30.3 Å². The number of hydrogen-bond donors (Lipinski definition) is 1. The molecule has 1 aliphatic heterocycles. The molecule has 5 aromatic rings. The maximum absolute atomic E-state index is 13.5. The topological polar surface area (TPSA) is 139 Å². The van der Waals surface area contributed by atoms with Gasteiger partial charge in [0.1, 0.15) is 17.4 Å². The van der Waals surface area contributed by atoms with E-state index in [2.05, 4.69) is 10.1 Å². The largest absolute Gasteiger partial charge is 0.459 e. The van der Waals surface area contributed by atoms with Gasteiger partial charge in [-0.15, -0.1) is 0 Å². The Hall–Kier alpha value is -5.37. The van der Waals surface area contributed by atoms with E-state index in [0.29, 0.717) is 10.8 Å². The van der Waals surface area contributed by atoms with Gasteiger partial charge >= 0.3 is 23.6 Å². The Kier molecular flexibility index (Phi) is 10.7. The van der Waals surface area contributed by atoms with Crippen molar-refractivity contribution >= 4 is 41.9 Å². The van der Waals surface area contributed by atoms with Crippen LogP contribution >= 0.6 is 24.0 Å². The van der Waals surface area contributed by atoms with E-state index < -0.39 is 54.7 Å². The summed E-state index contributed by atoms with van der Waals surface area (Å²) in [6.45, 7) is -0.413. The fourth-order valence-electron chi connectivity index (χ4n) is 5.04. The summed E-state index contributed by atoms with van der Waals surface area (Å²) in [5, 5.41) is 4.83. The maximum atomic E-state index is 13.5. The molecule has 0 spiro atoms. The second kappa shape index (κ2) is 15.7. The Morgan fingerprint density at radius 2 is 1.22 bits per heavy atom. The molecule has 49 heavy (non-hydrogen) atoms. The van der Waals surface area contributed by atoms with E-state index in [4.69, 9.17) is 31.2 Å². The van der Waals surface area contributed by atoms with E-state index in [1.165, 1.54) is 11.8 Å². The van der Waals surface area contributed by atoms with Gasteiger partial charge in [-0.05, 0) is 42.0 Å². The lowest BCUT2D eigenvalue weighted by Gasteiger charge is -2.24. The predicted molar refractivity (Wildman–Crippen MR) is 182 cm³/mol. The molecule has 4 atom stereocenters. The van der Waals surface area contributed by atoms with Crippen LogP contribution in [0.4, 0.5) is 0 Å². The Morgan fingerprint density at radius 1 is 0.735 bits per heavy atom. The summed E-state index contributed by atoms with van der Waals surface area (Å²) < 4.78 is 24.8. The number of hydrogen-bond acceptors (Lipinski definition) is 11. The van der Waals surface area contributed by atoms with Gasteiger partial charge in [-0.25, -0.2) is 19.2 Å². The van der Waals surface area contributed by atoms with E-state index in [0.717, 1.165) is 10.2 Å². The van der Waals surface area contributed by atoms with Gasteiger partial charge in [0.2, 0.25) is 0 Å². The van der Waals surface area contributed by atoms with Crippen molar-refractivity contribution in [3.8, 4) is 0 Å². The molecule has 6 rings (SSSR count). The van der Waals surface area contributed by atoms with Crippen molar-refractivity contribution < 1.29 is 33.3 Å². The molecule has 248 valence electrons. The van der Waals surface area contributed by atoms with Crippen LogP contribution in [0.2, 0.25) is 0 Å². The molecule has 0 radical (unpaired) electrons. The Morgan fingerprint density at radius 3 is 1.78 bits per heavy atom. The van der Waals surface area contributed by atoms with Gasteiger partial charge in [0.05, 0.1) is 16.7 Å². The molecule has 0 bridgehead atoms. The van der Waals surface area contributed by atoms with Crippen LogP contribution in [0.5, 0.6) is 0 Å². The molecule has 1 aromatic heterocycles. The third kappa shape index (κ3) is 8.20. The molecule has 0 amide bonds. The summed E-state index contributed by atoms with van der Waals surface area (Å²) in [6, 6.07) is 34.3. The van der Waals surface area contributed by atoms with Crippen molar-refractivity contribution in [3.05, 3.63) is 159 Å². The molecule has 4 aromatic carbocycles. The number of nitrogens with one attached hydrogen (secondary N) is 1. The first-order chi connectivity index (χ1) is 23.9. The van der Waals surface area contributed by atoms with Crippen LogP contribution in [-0.2, 0) is 24.7 Å². The van der Waals surface area contributed by atoms with Crippen molar-refractivity contribution in [3.63, 3.8) is 0 Å². The first-order valence-electron chi connectivity index (χ1n) is 15.2. The zero-order chi connectivity index (χ0) is 34.2. The van der Waals surface area contributed by atoms with Gasteiger partial charge in [0, 0.05) is 5.75 Å². The number of benzene rings is 4. The molecule has 1 saturated heterocycles. The van der Waals surface area contributed by atoms with Gasteiger partial charge in [-0.3, -0.25) is 4.98 Å². The van der Waals surface area contributed by atoms with Crippen LogP contribution in [0.25, 0.3) is 0 Å². The summed E-state index contributed by atoms with van der Waals surface area (Å²) in [6.07, 6.45) is -5.36. The SMILES string of the molecule is O=C(OC[C@H]1O[C@@H](n2nc(SCc3ccccc3)c(=S)[nH]c2=O)[C@H](OC(=O)c2ccccc2)[C@@H]1OC(=O)c1ccccc1)c1ccccc1. The fraction of sp³-hybridized carbons (Fsp3) is 0.167. The molecule has 2 heterocycles. The standard InChI is InChI=1S/C36H29N3O8S2/c40-33(24-15-7-2-8-16-24)44-21-27-28(46-34(41)25-17-9-3-10-18-25)29(47-35(42)26-19-11-4-12-20-26)32(45-27)39-36(43)37-30(48)31(38-39)49-22-23-13-5-1-6-14-23/h1-20,27-29,32H,21-22H2,(H,37,43,48)/t27-,28-,29-,32-/m1/s1. The number of rotatable bonds is 11. The van der Waals surface area contributed by atoms with Crippen molar-refractivity contribution in [1.82, 2.24) is 14.8 Å². The van der Waals surface area contributed by atoms with Crippen molar-refractivity contribution in [2.24, 2.45) is 0 Å². The molecule has 0 unspecified atom stereocenters. The number of carbonyl (C=O) groups excluding carboxylic acids is 3. The minimum Gasteiger partial charge on any atom is -0.459 e. The van der Waals surface area contributed by atoms with E-state index >= 15 is 0 Å². The third-order valence-corrected chi connectivity index (χ3v) is 8.92. The quantitative estimate of drug-likeness (QED) is 0.0777. The molecule has 0 aliphatic carbocycles. The highest BCUT2D eigenvalue weighted by molar-refractivity contribution is 7.98. The molecular weight excluding hydrogens is 667 g/mol. The van der Waals surface area contributed by atoms with E-state index in [9.17, 15) is 19.2 Å². The van der Waals surface area contributed by atoms with Crippen molar-refractivity contribution in [2.45, 2.75) is 35.3 Å². The van der Waals surface area contributed by atoms with Crippen LogP contribution in [0.15, 0.2) is 131 Å². The average Bonchev–Trinajstić information content (AvgIpc) is 3.47. The lowest BCUT2D eigenvalue weighted by Crippen LogP contribution is -2.43. The number of ether oxygens (including phenoxy) is 4. The highest BCUT2D eigenvalue weighted by Gasteiger charge is 2.52. The van der Waals surface area contributed by atoms with Crippen LogP contribution in [0.3, 0.4) is 0 Å². The van der Waals surface area contributed by atoms with Gasteiger partial charge in [0.25, 0.3) is 0 Å². The van der Waals surface area contributed by atoms with E-state index in [1.54, 1.807) is 91.0 Å². The lowest BCUT2D eigenvalue weighted by atomic mass is 10.1. The molecule has 11 nitrogen and oxygen atoms in total. The summed E-state index contributed by atoms with van der Waals surface area (Å²) >= 11 is 6.71. The Bertz CT molecular complexity index is 2030. The normalized spacial score (nSPS) is 18.4. The Balaban J connectivity index is 1.37. The lowest BCUT2D eigenvalue weighted by molar-refractivity contribution is -0.0706. The average molecular weight is 696 g/mol. The first-order valence-corrected chi connectivity index (χ1v) is 16.6. The number of esters is 3. The van der Waals surface area contributed by atoms with Crippen LogP contribution in [0.1, 0.15) is 42.9 Å². The summed E-state index contributed by atoms with van der Waals surface area (Å²) in [4.78, 5) is 55.8. The van der Waals surface area contributed by atoms with Gasteiger partial charge in [0.15, 0.2) is 23.5 Å². The number of carbonyl (C=O) groups is 3. The minimum atomic E-state index is -1.42. The number of aromatic amines is 1. The summed E-state index contributed by atoms with van der Waals surface area (Å²) in [5.74, 6) is -1.67. The number of thioether (sulfide) groups is 1. The number of aromatic nitrogens is 3. The first kappa shape index (κ1) is 33.5. The molecular formula is C36H29N3O8S2. The highest BCUT2D eigenvalue weighted by atomic mass is 32.2. The van der Waals surface area contributed by atoms with Crippen LogP contribution < -0.4 is 5.69 Å². The van der Waals surface area contributed by atoms with Gasteiger partial charge in [-0.2, -0.15) is 9.78 Å². The summed E-state index contributed by atoms with van der Waals surface area (Å²) in [7, 11) is 0. The van der Waals surface area contributed by atoms with E-state index in [-0.39, 0.29) is 21.3 Å². The monoisotopic (exact) mass is 695 g/mol. The zero-order valence-corrected chi connectivity index (χ0v) is 27.4. The van der Waals surface area contributed by atoms with Crippen LogP contribution in [0, 0.1) is 4.64 Å². The molecule has 0 saturated carbocycles. The Labute approximate surface area is 289 Å². The second-order valence-electron chi connectivity index (χ2n) is 10.8. The maximum Gasteiger partial charge on any atom is 0.345 e. The third-order valence-electron chi connectivity index (χ3n) is 7.46. The molecule has 1 aliphatic rings.